The fourth-order valence-electron chi connectivity index (χ4n) is 2.65. The summed E-state index contributed by atoms with van der Waals surface area (Å²) in [7, 11) is 0. The van der Waals surface area contributed by atoms with Gasteiger partial charge in [0.2, 0.25) is 5.91 Å². The van der Waals surface area contributed by atoms with E-state index in [-0.39, 0.29) is 18.5 Å². The molecule has 1 aliphatic heterocycles. The van der Waals surface area contributed by atoms with Crippen molar-refractivity contribution < 1.29 is 19.1 Å². The van der Waals surface area contributed by atoms with E-state index in [4.69, 9.17) is 9.47 Å². The molecule has 1 aliphatic rings. The molecule has 0 saturated carbocycles. The van der Waals surface area contributed by atoms with Gasteiger partial charge in [-0.3, -0.25) is 9.78 Å². The number of fused-ring (bicyclic) bond motifs is 1. The highest BCUT2D eigenvalue weighted by Crippen LogP contribution is 2.26. The lowest BCUT2D eigenvalue weighted by molar-refractivity contribution is -0.146. The number of pyridine rings is 1. The van der Waals surface area contributed by atoms with E-state index in [1.165, 1.54) is 5.56 Å². The van der Waals surface area contributed by atoms with Gasteiger partial charge in [-0.1, -0.05) is 0 Å². The molecule has 0 aliphatic carbocycles. The second-order valence-electron chi connectivity index (χ2n) is 5.84. The molecule has 0 spiro atoms. The zero-order valence-electron chi connectivity index (χ0n) is 13.9. The highest BCUT2D eigenvalue weighted by Gasteiger charge is 2.15. The van der Waals surface area contributed by atoms with Crippen molar-refractivity contribution in [2.45, 2.75) is 25.7 Å². The molecule has 0 unspecified atom stereocenters. The Kier molecular flexibility index (Phi) is 5.61. The summed E-state index contributed by atoms with van der Waals surface area (Å²) in [4.78, 5) is 27.0. The normalized spacial score (nSPS) is 12.9. The summed E-state index contributed by atoms with van der Waals surface area (Å²) < 4.78 is 10.7. The molecule has 2 heterocycles. The molecule has 2 aromatic rings. The fourth-order valence-corrected chi connectivity index (χ4v) is 2.65. The van der Waals surface area contributed by atoms with E-state index in [0.717, 1.165) is 24.1 Å². The van der Waals surface area contributed by atoms with E-state index in [2.05, 4.69) is 10.3 Å². The van der Waals surface area contributed by atoms with Gasteiger partial charge in [0.25, 0.3) is 0 Å². The van der Waals surface area contributed by atoms with Crippen molar-refractivity contribution in [2.75, 3.05) is 18.5 Å². The number of nitrogens with one attached hydrogen (secondary N) is 1. The van der Waals surface area contributed by atoms with Crippen LogP contribution in [0.15, 0.2) is 42.7 Å². The number of benzene rings is 1. The largest absolute Gasteiger partial charge is 0.482 e. The van der Waals surface area contributed by atoms with Crippen molar-refractivity contribution in [1.29, 1.82) is 0 Å². The van der Waals surface area contributed by atoms with E-state index >= 15 is 0 Å². The van der Waals surface area contributed by atoms with Crippen molar-refractivity contribution in [3.63, 3.8) is 0 Å². The summed E-state index contributed by atoms with van der Waals surface area (Å²) in [5, 5.41) is 2.81. The number of aryl methyl sites for hydroxylation is 2. The minimum absolute atomic E-state index is 0.0245. The van der Waals surface area contributed by atoms with Gasteiger partial charge in [-0.05, 0) is 60.7 Å². The Labute approximate surface area is 146 Å². The lowest BCUT2D eigenvalue weighted by Crippen LogP contribution is -2.19. The second kappa shape index (κ2) is 8.28. The molecular weight excluding hydrogens is 320 g/mol. The molecule has 0 atom stereocenters. The van der Waals surface area contributed by atoms with Crippen LogP contribution < -0.4 is 10.1 Å². The number of rotatable bonds is 7. The summed E-state index contributed by atoms with van der Waals surface area (Å²) in [5.74, 6) is 0.237. The van der Waals surface area contributed by atoms with Gasteiger partial charge in [-0.2, -0.15) is 0 Å². The van der Waals surface area contributed by atoms with Gasteiger partial charge in [-0.25, -0.2) is 4.79 Å². The first-order chi connectivity index (χ1) is 12.2. The van der Waals surface area contributed by atoms with Crippen molar-refractivity contribution in [1.82, 2.24) is 4.98 Å². The van der Waals surface area contributed by atoms with E-state index < -0.39 is 0 Å². The Morgan fingerprint density at radius 2 is 2.00 bits per heavy atom. The number of esters is 1. The molecule has 0 radical (unpaired) electrons. The highest BCUT2D eigenvalue weighted by atomic mass is 16.6. The van der Waals surface area contributed by atoms with Crippen LogP contribution in [0.2, 0.25) is 0 Å². The monoisotopic (exact) mass is 340 g/mol. The first kappa shape index (κ1) is 17.0. The Morgan fingerprint density at radius 1 is 1.16 bits per heavy atom. The topological polar surface area (TPSA) is 77.5 Å². The summed E-state index contributed by atoms with van der Waals surface area (Å²) in [5.41, 5.74) is 2.99. The van der Waals surface area contributed by atoms with Crippen LogP contribution in [0, 0.1) is 0 Å². The quantitative estimate of drug-likeness (QED) is 0.619. The molecule has 1 amide bonds. The summed E-state index contributed by atoms with van der Waals surface area (Å²) in [6.45, 7) is 0.237. The van der Waals surface area contributed by atoms with Crippen molar-refractivity contribution in [2.24, 2.45) is 0 Å². The Bertz CT molecular complexity index is 746. The van der Waals surface area contributed by atoms with Crippen molar-refractivity contribution in [3.05, 3.63) is 53.9 Å². The summed E-state index contributed by atoms with van der Waals surface area (Å²) in [6, 6.07) is 9.28. The van der Waals surface area contributed by atoms with Crippen LogP contribution in [0.5, 0.6) is 5.75 Å². The molecule has 25 heavy (non-hydrogen) atoms. The summed E-state index contributed by atoms with van der Waals surface area (Å²) >= 11 is 0. The standard InChI is InChI=1S/C19H20N2O4/c22-18-6-3-15-12-16(4-5-17(15)21-18)25-13-19(23)24-11-1-2-14-7-9-20-10-8-14/h4-5,7-10,12H,1-3,6,11,13H2,(H,21,22). The highest BCUT2D eigenvalue weighted by molar-refractivity contribution is 5.94. The molecule has 0 saturated heterocycles. The van der Waals surface area contributed by atoms with Crippen LogP contribution in [0.3, 0.4) is 0 Å². The number of amides is 1. The number of hydrogen-bond acceptors (Lipinski definition) is 5. The number of ether oxygens (including phenoxy) is 2. The number of hydrogen-bond donors (Lipinski definition) is 1. The minimum atomic E-state index is -0.388. The minimum Gasteiger partial charge on any atom is -0.482 e. The number of nitrogens with zero attached hydrogens (tertiary/aromatic N) is 1. The van der Waals surface area contributed by atoms with Crippen molar-refractivity contribution >= 4 is 17.6 Å². The van der Waals surface area contributed by atoms with E-state index in [9.17, 15) is 9.59 Å². The predicted octanol–water partition coefficient (Wildman–Crippen LogP) is 2.52. The smallest absolute Gasteiger partial charge is 0.344 e. The maximum Gasteiger partial charge on any atom is 0.344 e. The predicted molar refractivity (Wildman–Crippen MR) is 92.4 cm³/mol. The number of carbonyl (C=O) groups is 2. The third kappa shape index (κ3) is 5.04. The van der Waals surface area contributed by atoms with Gasteiger partial charge in [-0.15, -0.1) is 0 Å². The average molecular weight is 340 g/mol. The Balaban J connectivity index is 1.38. The average Bonchev–Trinajstić information content (AvgIpc) is 2.64. The second-order valence-corrected chi connectivity index (χ2v) is 5.84. The Hall–Kier alpha value is -2.89. The van der Waals surface area contributed by atoms with Gasteiger partial charge in [0.1, 0.15) is 5.75 Å². The summed E-state index contributed by atoms with van der Waals surface area (Å²) in [6.07, 6.45) is 6.24. The first-order valence-corrected chi connectivity index (χ1v) is 8.31. The first-order valence-electron chi connectivity index (χ1n) is 8.31. The van der Waals surface area contributed by atoms with Crippen LogP contribution in [-0.2, 0) is 27.2 Å². The number of aromatic nitrogens is 1. The van der Waals surface area contributed by atoms with E-state index in [1.807, 2.05) is 18.2 Å². The van der Waals surface area contributed by atoms with Crippen LogP contribution in [0.4, 0.5) is 5.69 Å². The lowest BCUT2D eigenvalue weighted by atomic mass is 10.0. The van der Waals surface area contributed by atoms with Crippen LogP contribution in [-0.4, -0.2) is 30.1 Å². The van der Waals surface area contributed by atoms with Crippen LogP contribution in [0.1, 0.15) is 24.0 Å². The molecule has 6 heteroatoms. The molecule has 0 fully saturated rings. The van der Waals surface area contributed by atoms with E-state index in [1.54, 1.807) is 24.5 Å². The maximum absolute atomic E-state index is 11.7. The zero-order valence-corrected chi connectivity index (χ0v) is 13.9. The molecule has 1 aromatic heterocycles. The van der Waals surface area contributed by atoms with Gasteiger partial charge in [0.05, 0.1) is 6.61 Å². The molecule has 6 nitrogen and oxygen atoms in total. The van der Waals surface area contributed by atoms with Crippen LogP contribution >= 0.6 is 0 Å². The van der Waals surface area contributed by atoms with Gasteiger partial charge < -0.3 is 14.8 Å². The third-order valence-electron chi connectivity index (χ3n) is 3.95. The lowest BCUT2D eigenvalue weighted by Gasteiger charge is -2.17. The van der Waals surface area contributed by atoms with Gasteiger partial charge in [0.15, 0.2) is 6.61 Å². The zero-order chi connectivity index (χ0) is 17.5. The SMILES string of the molecule is O=C1CCc2cc(OCC(=O)OCCCc3ccncc3)ccc2N1. The van der Waals surface area contributed by atoms with Gasteiger partial charge in [0, 0.05) is 24.5 Å². The molecule has 130 valence electrons. The molecule has 0 bridgehead atoms. The number of anilines is 1. The number of carbonyl (C=O) groups excluding carboxylic acids is 2. The Morgan fingerprint density at radius 3 is 2.84 bits per heavy atom. The maximum atomic E-state index is 11.7. The van der Waals surface area contributed by atoms with E-state index in [0.29, 0.717) is 25.2 Å². The third-order valence-corrected chi connectivity index (χ3v) is 3.95. The molecule has 1 aromatic carbocycles. The van der Waals surface area contributed by atoms with Crippen LogP contribution in [0.25, 0.3) is 0 Å². The van der Waals surface area contributed by atoms with Crippen molar-refractivity contribution in [3.8, 4) is 5.75 Å². The molecule has 1 N–H and O–H groups in total. The fraction of sp³-hybridized carbons (Fsp3) is 0.316. The van der Waals surface area contributed by atoms with Gasteiger partial charge >= 0.3 is 5.97 Å². The molecular formula is C19H20N2O4. The molecule has 3 rings (SSSR count).